The summed E-state index contributed by atoms with van der Waals surface area (Å²) in [5, 5.41) is 19.9. The molecule has 5 nitrogen and oxygen atoms in total. The molecule has 0 aliphatic carbocycles. The molecule has 2 unspecified atom stereocenters. The number of carboxylic acid groups (broad SMARTS) is 1. The largest absolute Gasteiger partial charge is 0.480 e. The number of aliphatic carboxylic acids is 1. The molecule has 0 aromatic carbocycles. The second-order valence-electron chi connectivity index (χ2n) is 2.98. The van der Waals surface area contributed by atoms with Gasteiger partial charge in [0.25, 0.3) is 0 Å². The number of aliphatic hydroxyl groups excluding tert-OH is 1. The molecule has 0 radical (unpaired) electrons. The molecule has 6 heteroatoms. The summed E-state index contributed by atoms with van der Waals surface area (Å²) in [5.74, 6) is -0.697. The van der Waals surface area contributed by atoms with Crippen LogP contribution in [0.15, 0.2) is 0 Å². The first-order chi connectivity index (χ1) is 6.43. The second kappa shape index (κ2) is 6.67. The van der Waals surface area contributed by atoms with E-state index >= 15 is 0 Å². The maximum atomic E-state index is 10.6. The van der Waals surface area contributed by atoms with Crippen LogP contribution in [0.4, 0.5) is 0 Å². The Kier molecular flexibility index (Phi) is 6.31. The van der Waals surface area contributed by atoms with Gasteiger partial charge in [0.2, 0.25) is 5.91 Å². The monoisotopic (exact) mass is 225 g/mol. The molecule has 0 saturated heterocycles. The number of hydrogen-bond acceptors (Lipinski definition) is 4. The van der Waals surface area contributed by atoms with Gasteiger partial charge in [0, 0.05) is 18.4 Å². The predicted molar refractivity (Wildman–Crippen MR) is 54.2 cm³/mol. The molecular weight excluding hydrogens is 210 g/mol. The fraction of sp³-hybridized carbons (Fsp3) is 0.750. The van der Waals surface area contributed by atoms with Crippen molar-refractivity contribution in [2.75, 3.05) is 11.5 Å². The Balaban J connectivity index is 3.86. The highest BCUT2D eigenvalue weighted by Gasteiger charge is 2.18. The maximum Gasteiger partial charge on any atom is 0.327 e. The molecule has 14 heavy (non-hydrogen) atoms. The van der Waals surface area contributed by atoms with Gasteiger partial charge in [0.15, 0.2) is 0 Å². The fourth-order valence-electron chi connectivity index (χ4n) is 0.777. The Morgan fingerprint density at radius 1 is 1.43 bits per heavy atom. The number of carbonyl (C=O) groups excluding carboxylic acids is 1. The third kappa shape index (κ3) is 6.73. The molecule has 0 fully saturated rings. The Hall–Kier alpha value is -0.750. The summed E-state index contributed by atoms with van der Waals surface area (Å²) in [4.78, 5) is 21.2. The zero-order chi connectivity index (χ0) is 11.1. The predicted octanol–water partition coefficient (Wildman–Crippen LogP) is -0.310. The zero-order valence-electron chi connectivity index (χ0n) is 8.19. The van der Waals surface area contributed by atoms with E-state index in [2.05, 4.69) is 5.32 Å². The molecule has 0 aromatic rings. The van der Waals surface area contributed by atoms with Crippen molar-refractivity contribution in [3.63, 3.8) is 0 Å². The van der Waals surface area contributed by atoms with Crippen LogP contribution in [-0.4, -0.2) is 45.7 Å². The molecule has 0 saturated carbocycles. The van der Waals surface area contributed by atoms with Crippen LogP contribution >= 0.6 is 11.8 Å². The standard InChI is InChI=1S/C8H15NO4S/c1-5(10)3-14-4-7(8(12)13)9-6(2)11/h5,7,10H,3-4H2,1-2H3,(H,9,11)(H,12,13)/i6+1,7+1,8+1,9+1. The van der Waals surface area contributed by atoms with Crippen LogP contribution in [0.1, 0.15) is 13.8 Å². The number of amides is 1. The molecule has 0 rings (SSSR count). The average Bonchev–Trinajstić information content (AvgIpc) is 2.00. The lowest BCUT2D eigenvalue weighted by Gasteiger charge is -2.13. The minimum Gasteiger partial charge on any atom is -0.480 e. The van der Waals surface area contributed by atoms with Crippen LogP contribution in [0.25, 0.3) is 0 Å². The molecular formula is C8H15NO4S. The molecule has 0 aromatic heterocycles. The van der Waals surface area contributed by atoms with E-state index < -0.39 is 18.1 Å². The minimum atomic E-state index is -1.06. The molecule has 3 N–H and O–H groups in total. The number of carbonyl (C=O) groups is 2. The number of thioether (sulfide) groups is 1. The van der Waals surface area contributed by atoms with E-state index in [4.69, 9.17) is 10.2 Å². The van der Waals surface area contributed by atoms with Gasteiger partial charge in [-0.1, -0.05) is 0 Å². The number of nitrogens with one attached hydrogen (secondary N) is 1. The van der Waals surface area contributed by atoms with Gasteiger partial charge in [-0.3, -0.25) is 4.79 Å². The lowest BCUT2D eigenvalue weighted by molar-refractivity contribution is -0.140. The summed E-state index contributed by atoms with van der Waals surface area (Å²) in [5.41, 5.74) is 0. The van der Waals surface area contributed by atoms with Gasteiger partial charge >= 0.3 is 5.97 Å². The van der Waals surface area contributed by atoms with Crippen LogP contribution in [0.5, 0.6) is 0 Å². The smallest absolute Gasteiger partial charge is 0.327 e. The van der Waals surface area contributed by atoms with Gasteiger partial charge in [-0.2, -0.15) is 11.8 Å². The van der Waals surface area contributed by atoms with Gasteiger partial charge in [-0.05, 0) is 6.92 Å². The quantitative estimate of drug-likeness (QED) is 0.426. The van der Waals surface area contributed by atoms with E-state index in [1.807, 2.05) is 0 Å². The summed E-state index contributed by atoms with van der Waals surface area (Å²) < 4.78 is 0. The van der Waals surface area contributed by atoms with Gasteiger partial charge < -0.3 is 15.5 Å². The van der Waals surface area contributed by atoms with Crippen molar-refractivity contribution in [2.24, 2.45) is 0 Å². The Morgan fingerprint density at radius 3 is 2.36 bits per heavy atom. The van der Waals surface area contributed by atoms with Crippen molar-refractivity contribution in [3.05, 3.63) is 0 Å². The first kappa shape index (κ1) is 13.2. The summed E-state index contributed by atoms with van der Waals surface area (Å²) in [6.07, 6.45) is -0.466. The van der Waals surface area contributed by atoms with Crippen molar-refractivity contribution in [2.45, 2.75) is 26.0 Å². The molecule has 82 valence electrons. The average molecular weight is 225 g/mol. The highest BCUT2D eigenvalue weighted by molar-refractivity contribution is 7.99. The SMILES string of the molecule is CC(O)CSC[13CH]([15NH][13C](C)=O)[13C](=O)O. The van der Waals surface area contributed by atoms with E-state index in [-0.39, 0.29) is 11.7 Å². The number of hydrogen-bond donors (Lipinski definition) is 3. The number of carboxylic acids is 1. The van der Waals surface area contributed by atoms with Gasteiger partial charge in [-0.25, -0.2) is 4.79 Å². The van der Waals surface area contributed by atoms with Crippen LogP contribution in [0.3, 0.4) is 0 Å². The van der Waals surface area contributed by atoms with E-state index in [0.717, 1.165) is 0 Å². The Bertz CT molecular complexity index is 208. The number of aliphatic hydroxyl groups is 1. The van der Waals surface area contributed by atoms with Crippen molar-refractivity contribution < 1.29 is 19.8 Å². The molecule has 2 atom stereocenters. The van der Waals surface area contributed by atoms with E-state index in [0.29, 0.717) is 5.75 Å². The third-order valence-corrected chi connectivity index (χ3v) is 2.61. The topological polar surface area (TPSA) is 86.6 Å². The lowest BCUT2D eigenvalue weighted by Crippen LogP contribution is -2.41. The van der Waals surface area contributed by atoms with Crippen LogP contribution < -0.4 is 5.32 Å². The van der Waals surface area contributed by atoms with E-state index in [1.54, 1.807) is 6.92 Å². The van der Waals surface area contributed by atoms with E-state index in [1.165, 1.54) is 18.7 Å². The fourth-order valence-corrected chi connectivity index (χ4v) is 1.72. The molecule has 0 aliphatic rings. The molecule has 0 heterocycles. The van der Waals surface area contributed by atoms with Crippen molar-refractivity contribution >= 4 is 23.6 Å². The van der Waals surface area contributed by atoms with Crippen LogP contribution in [-0.2, 0) is 9.59 Å². The Morgan fingerprint density at radius 2 is 2.00 bits per heavy atom. The summed E-state index contributed by atoms with van der Waals surface area (Å²) >= 11 is 1.29. The highest BCUT2D eigenvalue weighted by Crippen LogP contribution is 2.05. The van der Waals surface area contributed by atoms with Gasteiger partial charge in [-0.15, -0.1) is 0 Å². The molecule has 0 bridgehead atoms. The normalized spacial score (nSPS) is 14.5. The zero-order valence-corrected chi connectivity index (χ0v) is 9.00. The van der Waals surface area contributed by atoms with Crippen molar-refractivity contribution in [1.29, 1.82) is 0 Å². The summed E-state index contributed by atoms with van der Waals surface area (Å²) in [7, 11) is 0. The summed E-state index contributed by atoms with van der Waals surface area (Å²) in [6, 6.07) is -0.878. The van der Waals surface area contributed by atoms with Crippen molar-refractivity contribution in [1.82, 2.24) is 5.32 Å². The van der Waals surface area contributed by atoms with Crippen LogP contribution in [0, 0.1) is 0 Å². The molecule has 1 amide bonds. The maximum absolute atomic E-state index is 10.6. The second-order valence-corrected chi connectivity index (χ2v) is 4.05. The van der Waals surface area contributed by atoms with Gasteiger partial charge in [0.05, 0.1) is 6.10 Å². The highest BCUT2D eigenvalue weighted by atomic mass is 32.2. The van der Waals surface area contributed by atoms with Crippen molar-refractivity contribution in [3.8, 4) is 0 Å². The third-order valence-electron chi connectivity index (χ3n) is 1.32. The first-order valence-corrected chi connectivity index (χ1v) is 5.34. The molecule has 0 spiro atoms. The Labute approximate surface area is 86.9 Å². The lowest BCUT2D eigenvalue weighted by atomic mass is 10.5. The summed E-state index contributed by atoms with van der Waals surface area (Å²) in [6.45, 7) is 2.90. The van der Waals surface area contributed by atoms with Gasteiger partial charge in [0.1, 0.15) is 6.04 Å². The minimum absolute atomic E-state index is 0.264. The number of rotatable bonds is 6. The van der Waals surface area contributed by atoms with E-state index in [9.17, 15) is 9.59 Å². The molecule has 0 aliphatic heterocycles. The van der Waals surface area contributed by atoms with Crippen LogP contribution in [0.2, 0.25) is 0 Å². The first-order valence-electron chi connectivity index (χ1n) is 4.19.